The van der Waals surface area contributed by atoms with E-state index < -0.39 is 0 Å². The van der Waals surface area contributed by atoms with Crippen LogP contribution in [0.5, 0.6) is 0 Å². The van der Waals surface area contributed by atoms with Crippen LogP contribution in [0.4, 0.5) is 0 Å². The molecule has 16 rings (SSSR count). The molecule has 81 heavy (non-hydrogen) atoms. The molecular weight excluding hydrogens is 985 g/mol. The van der Waals surface area contributed by atoms with Gasteiger partial charge in [-0.15, -0.1) is 0 Å². The lowest BCUT2D eigenvalue weighted by Gasteiger charge is -2.22. The highest BCUT2D eigenvalue weighted by Gasteiger charge is 2.25. The third-order valence-corrected chi connectivity index (χ3v) is 16.1. The van der Waals surface area contributed by atoms with Gasteiger partial charge >= 0.3 is 0 Å². The van der Waals surface area contributed by atoms with Crippen molar-refractivity contribution >= 4 is 65.4 Å². The predicted molar refractivity (Wildman–Crippen MR) is 335 cm³/mol. The summed E-state index contributed by atoms with van der Waals surface area (Å²) in [5.74, 6) is 1.78. The lowest BCUT2D eigenvalue weighted by atomic mass is 9.92. The van der Waals surface area contributed by atoms with E-state index in [9.17, 15) is 0 Å². The Morgan fingerprint density at radius 2 is 0.531 bits per heavy atom. The zero-order valence-corrected chi connectivity index (χ0v) is 43.9. The number of rotatable bonds is 9. The summed E-state index contributed by atoms with van der Waals surface area (Å²) in [7, 11) is 0. The average molecular weight is 1030 g/mol. The number of aromatic nitrogens is 6. The molecule has 0 aliphatic heterocycles. The quantitative estimate of drug-likeness (QED) is 0.145. The Labute approximate surface area is 467 Å². The van der Waals surface area contributed by atoms with Crippen molar-refractivity contribution in [2.24, 2.45) is 0 Å². The molecule has 12 aromatic carbocycles. The van der Waals surface area contributed by atoms with Crippen molar-refractivity contribution in [1.29, 1.82) is 0 Å². The molecule has 378 valence electrons. The van der Waals surface area contributed by atoms with Crippen molar-refractivity contribution in [2.45, 2.75) is 0 Å². The summed E-state index contributed by atoms with van der Waals surface area (Å²) in [6, 6.07) is 105. The van der Waals surface area contributed by atoms with Crippen LogP contribution in [0.3, 0.4) is 0 Å². The van der Waals surface area contributed by atoms with Gasteiger partial charge in [0.25, 0.3) is 0 Å². The molecule has 0 aliphatic carbocycles. The predicted octanol–water partition coefficient (Wildman–Crippen LogP) is 19.2. The molecule has 4 heterocycles. The maximum absolute atomic E-state index is 5.42. The fraction of sp³-hybridized carbons (Fsp3) is 0. The molecule has 0 radical (unpaired) electrons. The first kappa shape index (κ1) is 46.2. The van der Waals surface area contributed by atoms with E-state index in [1.165, 1.54) is 37.9 Å². The molecule has 0 aliphatic rings. The van der Waals surface area contributed by atoms with Gasteiger partial charge in [0.2, 0.25) is 0 Å². The van der Waals surface area contributed by atoms with Crippen LogP contribution >= 0.6 is 0 Å². The van der Waals surface area contributed by atoms with Gasteiger partial charge in [-0.2, -0.15) is 0 Å². The van der Waals surface area contributed by atoms with Crippen molar-refractivity contribution in [3.63, 3.8) is 0 Å². The Morgan fingerprint density at radius 3 is 0.963 bits per heavy atom. The first-order chi connectivity index (χ1) is 40.2. The molecule has 0 spiro atoms. The van der Waals surface area contributed by atoms with Gasteiger partial charge in [-0.05, 0) is 101 Å². The zero-order chi connectivity index (χ0) is 53.4. The van der Waals surface area contributed by atoms with E-state index >= 15 is 0 Å². The number of para-hydroxylation sites is 5. The van der Waals surface area contributed by atoms with Crippen LogP contribution in [0, 0.1) is 0 Å². The Kier molecular flexibility index (Phi) is 10.8. The number of hydrogen-bond acceptors (Lipinski definition) is 3. The van der Waals surface area contributed by atoms with Gasteiger partial charge < -0.3 is 13.7 Å². The average Bonchev–Trinajstić information content (AvgIpc) is 4.37. The van der Waals surface area contributed by atoms with Crippen molar-refractivity contribution in [3.8, 4) is 84.6 Å². The van der Waals surface area contributed by atoms with Crippen LogP contribution in [0.25, 0.3) is 150 Å². The van der Waals surface area contributed by atoms with Gasteiger partial charge in [0, 0.05) is 71.5 Å². The summed E-state index contributed by atoms with van der Waals surface area (Å²) in [6.07, 6.45) is 0. The van der Waals surface area contributed by atoms with Crippen LogP contribution in [0.1, 0.15) is 0 Å². The van der Waals surface area contributed by atoms with Crippen LogP contribution < -0.4 is 0 Å². The summed E-state index contributed by atoms with van der Waals surface area (Å²) < 4.78 is 7.32. The van der Waals surface area contributed by atoms with Gasteiger partial charge in [-0.1, -0.05) is 212 Å². The molecule has 0 saturated carbocycles. The van der Waals surface area contributed by atoms with E-state index in [1.54, 1.807) is 0 Å². The highest BCUT2D eigenvalue weighted by Crippen LogP contribution is 2.46. The minimum Gasteiger partial charge on any atom is -0.309 e. The maximum atomic E-state index is 5.42. The number of hydrogen-bond donors (Lipinski definition) is 0. The van der Waals surface area contributed by atoms with Gasteiger partial charge in [0.15, 0.2) is 17.5 Å². The fourth-order valence-electron chi connectivity index (χ4n) is 12.4. The normalized spacial score (nSPS) is 11.7. The first-order valence-electron chi connectivity index (χ1n) is 27.5. The molecule has 0 unspecified atom stereocenters. The van der Waals surface area contributed by atoms with E-state index in [1.807, 2.05) is 36.4 Å². The molecule has 0 saturated heterocycles. The van der Waals surface area contributed by atoms with Crippen LogP contribution in [-0.2, 0) is 0 Å². The smallest absolute Gasteiger partial charge is 0.164 e. The lowest BCUT2D eigenvalue weighted by Crippen LogP contribution is -2.05. The van der Waals surface area contributed by atoms with Gasteiger partial charge in [-0.25, -0.2) is 15.0 Å². The van der Waals surface area contributed by atoms with Crippen molar-refractivity contribution in [2.75, 3.05) is 0 Å². The summed E-state index contributed by atoms with van der Waals surface area (Å²) in [5, 5.41) is 7.19. The third kappa shape index (κ3) is 7.68. The number of nitrogens with zero attached hydrogens (tertiary/aromatic N) is 6. The highest BCUT2D eigenvalue weighted by molar-refractivity contribution is 6.13. The molecular formula is C75H48N6. The van der Waals surface area contributed by atoms with Gasteiger partial charge in [0.05, 0.1) is 38.8 Å². The highest BCUT2D eigenvalue weighted by atomic mass is 15.0. The lowest BCUT2D eigenvalue weighted by molar-refractivity contribution is 1.07. The number of fused-ring (bicyclic) bond motifs is 9. The molecule has 0 bridgehead atoms. The standard InChI is InChI=1S/C75H48N6/c1-4-22-49(23-5-1)52-42-43-71-65(46-52)62-36-14-19-41-70(62)81(71)72-63(53-28-20-30-56(44-53)79-66-37-15-10-32-58(66)59-33-11-16-38-67(59)79)47-55(75-77-73(50-24-6-2-7-25-50)76-74(78-75)51-26-8-3-9-27-51)48-64(72)54-29-21-31-57(45-54)80-68-39-17-12-34-60(68)61-35-13-18-40-69(61)80/h1-48H. The van der Waals surface area contributed by atoms with Crippen LogP contribution in [-0.4, -0.2) is 28.7 Å². The van der Waals surface area contributed by atoms with Crippen molar-refractivity contribution in [3.05, 3.63) is 291 Å². The summed E-state index contributed by atoms with van der Waals surface area (Å²) in [6.45, 7) is 0. The second-order valence-corrected chi connectivity index (χ2v) is 20.7. The van der Waals surface area contributed by atoms with Crippen LogP contribution in [0.2, 0.25) is 0 Å². The Bertz CT molecular complexity index is 4770. The number of benzene rings is 12. The van der Waals surface area contributed by atoms with Crippen molar-refractivity contribution in [1.82, 2.24) is 28.7 Å². The minimum absolute atomic E-state index is 0.573. The fourth-order valence-corrected chi connectivity index (χ4v) is 12.4. The Morgan fingerprint density at radius 1 is 0.198 bits per heavy atom. The van der Waals surface area contributed by atoms with Gasteiger partial charge in [0.1, 0.15) is 0 Å². The van der Waals surface area contributed by atoms with E-state index in [2.05, 4.69) is 268 Å². The topological polar surface area (TPSA) is 53.5 Å². The van der Waals surface area contributed by atoms with E-state index in [4.69, 9.17) is 15.0 Å². The third-order valence-electron chi connectivity index (χ3n) is 16.1. The Hall–Kier alpha value is -11.0. The second kappa shape index (κ2) is 18.9. The van der Waals surface area contributed by atoms with E-state index in [-0.39, 0.29) is 0 Å². The molecule has 0 fully saturated rings. The Balaban J connectivity index is 1.04. The molecule has 4 aromatic heterocycles. The monoisotopic (exact) mass is 1030 g/mol. The van der Waals surface area contributed by atoms with Crippen molar-refractivity contribution < 1.29 is 0 Å². The zero-order valence-electron chi connectivity index (χ0n) is 43.9. The second-order valence-electron chi connectivity index (χ2n) is 20.7. The maximum Gasteiger partial charge on any atom is 0.164 e. The first-order valence-corrected chi connectivity index (χ1v) is 27.5. The minimum atomic E-state index is 0.573. The van der Waals surface area contributed by atoms with Crippen LogP contribution in [0.15, 0.2) is 291 Å². The molecule has 0 amide bonds. The summed E-state index contributed by atoms with van der Waals surface area (Å²) in [5.41, 5.74) is 19.1. The molecule has 0 atom stereocenters. The largest absolute Gasteiger partial charge is 0.309 e. The molecule has 16 aromatic rings. The summed E-state index contributed by atoms with van der Waals surface area (Å²) in [4.78, 5) is 16.0. The van der Waals surface area contributed by atoms with E-state index in [0.29, 0.717) is 17.5 Å². The molecule has 6 nitrogen and oxygen atoms in total. The van der Waals surface area contributed by atoms with Gasteiger partial charge in [-0.3, -0.25) is 0 Å². The molecule has 0 N–H and O–H groups in total. The summed E-state index contributed by atoms with van der Waals surface area (Å²) >= 11 is 0. The molecule has 6 heteroatoms. The van der Waals surface area contributed by atoms with E-state index in [0.717, 1.165) is 94.7 Å². The SMILES string of the molecule is c1ccc(-c2ccc3c(c2)c2ccccc2n3-c2c(-c3cccc(-n4c5ccccc5c5ccccc54)c3)cc(-c3nc(-c4ccccc4)nc(-c4ccccc4)n3)cc2-c2cccc(-n3c4ccccc4c4ccccc43)c2)cc1.